The van der Waals surface area contributed by atoms with Crippen molar-refractivity contribution >= 4 is 21.6 Å². The SMILES string of the molecule is Fc1ccc(NCCOC(F)(F)F)c(Br)c1. The summed E-state index contributed by atoms with van der Waals surface area (Å²) in [7, 11) is 0. The van der Waals surface area contributed by atoms with Gasteiger partial charge in [-0.1, -0.05) is 0 Å². The van der Waals surface area contributed by atoms with E-state index in [4.69, 9.17) is 0 Å². The van der Waals surface area contributed by atoms with E-state index in [9.17, 15) is 17.6 Å². The lowest BCUT2D eigenvalue weighted by Crippen LogP contribution is -2.19. The highest BCUT2D eigenvalue weighted by atomic mass is 79.9. The van der Waals surface area contributed by atoms with Crippen LogP contribution in [0.25, 0.3) is 0 Å². The minimum absolute atomic E-state index is 0.0241. The van der Waals surface area contributed by atoms with E-state index in [-0.39, 0.29) is 6.54 Å². The number of anilines is 1. The van der Waals surface area contributed by atoms with Crippen LogP contribution >= 0.6 is 15.9 Å². The number of nitrogens with one attached hydrogen (secondary N) is 1. The van der Waals surface area contributed by atoms with Gasteiger partial charge < -0.3 is 5.32 Å². The average Bonchev–Trinajstić information content (AvgIpc) is 2.13. The van der Waals surface area contributed by atoms with Gasteiger partial charge in [0.25, 0.3) is 0 Å². The van der Waals surface area contributed by atoms with Crippen molar-refractivity contribution in [2.45, 2.75) is 6.36 Å². The zero-order chi connectivity index (χ0) is 12.2. The molecule has 1 aromatic rings. The first-order chi connectivity index (χ1) is 7.38. The third-order valence-corrected chi connectivity index (χ3v) is 2.27. The maximum absolute atomic E-state index is 12.7. The number of benzene rings is 1. The highest BCUT2D eigenvalue weighted by Gasteiger charge is 2.28. The van der Waals surface area contributed by atoms with E-state index in [2.05, 4.69) is 26.0 Å². The minimum atomic E-state index is -4.62. The van der Waals surface area contributed by atoms with E-state index < -0.39 is 18.8 Å². The van der Waals surface area contributed by atoms with Crippen molar-refractivity contribution in [2.24, 2.45) is 0 Å². The molecule has 0 amide bonds. The summed E-state index contributed by atoms with van der Waals surface area (Å²) < 4.78 is 51.5. The molecule has 0 aliphatic heterocycles. The van der Waals surface area contributed by atoms with Crippen molar-refractivity contribution in [3.05, 3.63) is 28.5 Å². The Bertz CT molecular complexity index is 356. The maximum atomic E-state index is 12.7. The molecule has 7 heteroatoms. The largest absolute Gasteiger partial charge is 0.522 e. The van der Waals surface area contributed by atoms with Gasteiger partial charge >= 0.3 is 6.36 Å². The van der Waals surface area contributed by atoms with Crippen molar-refractivity contribution < 1.29 is 22.3 Å². The summed E-state index contributed by atoms with van der Waals surface area (Å²) in [6, 6.07) is 3.84. The Morgan fingerprint density at radius 3 is 2.56 bits per heavy atom. The topological polar surface area (TPSA) is 21.3 Å². The zero-order valence-corrected chi connectivity index (χ0v) is 9.53. The normalized spacial score (nSPS) is 11.6. The molecule has 0 heterocycles. The van der Waals surface area contributed by atoms with Crippen molar-refractivity contribution in [3.8, 4) is 0 Å². The van der Waals surface area contributed by atoms with Crippen molar-refractivity contribution in [3.63, 3.8) is 0 Å². The summed E-state index contributed by atoms with van der Waals surface area (Å²) >= 11 is 3.07. The molecule has 0 aromatic heterocycles. The third kappa shape index (κ3) is 4.80. The number of ether oxygens (including phenoxy) is 1. The number of halogens is 5. The molecule has 0 saturated heterocycles. The van der Waals surface area contributed by atoms with Crippen LogP contribution in [-0.2, 0) is 4.74 Å². The van der Waals surface area contributed by atoms with Gasteiger partial charge in [0.05, 0.1) is 6.61 Å². The highest BCUT2D eigenvalue weighted by molar-refractivity contribution is 9.10. The van der Waals surface area contributed by atoms with Crippen molar-refractivity contribution in [1.29, 1.82) is 0 Å². The lowest BCUT2D eigenvalue weighted by Gasteiger charge is -2.10. The van der Waals surface area contributed by atoms with Crippen LogP contribution in [-0.4, -0.2) is 19.5 Å². The first-order valence-electron chi connectivity index (χ1n) is 4.28. The van der Waals surface area contributed by atoms with Gasteiger partial charge in [-0.15, -0.1) is 13.2 Å². The molecule has 0 unspecified atom stereocenters. The Hall–Kier alpha value is -0.820. The molecule has 0 radical (unpaired) electrons. The second-order valence-corrected chi connectivity index (χ2v) is 3.70. The first-order valence-corrected chi connectivity index (χ1v) is 5.07. The minimum Gasteiger partial charge on any atom is -0.382 e. The molecule has 1 N–H and O–H groups in total. The lowest BCUT2D eigenvalue weighted by atomic mass is 10.3. The Labute approximate surface area is 97.7 Å². The van der Waals surface area contributed by atoms with E-state index >= 15 is 0 Å². The Kier molecular flexibility index (Phi) is 4.55. The van der Waals surface area contributed by atoms with Gasteiger partial charge in [0.15, 0.2) is 0 Å². The molecule has 1 aromatic carbocycles. The van der Waals surface area contributed by atoms with Crippen LogP contribution in [0.2, 0.25) is 0 Å². The molecule has 0 atom stereocenters. The fraction of sp³-hybridized carbons (Fsp3) is 0.333. The standard InChI is InChI=1S/C9H8BrF4NO/c10-7-5-6(11)1-2-8(7)15-3-4-16-9(12,13)14/h1-2,5,15H,3-4H2. The van der Waals surface area contributed by atoms with Gasteiger partial charge in [-0.2, -0.15) is 0 Å². The number of alkyl halides is 3. The quantitative estimate of drug-likeness (QED) is 0.678. The van der Waals surface area contributed by atoms with Gasteiger partial charge in [0, 0.05) is 16.7 Å². The van der Waals surface area contributed by atoms with E-state index in [1.165, 1.54) is 18.2 Å². The summed E-state index contributed by atoms with van der Waals surface area (Å²) in [5, 5.41) is 2.67. The van der Waals surface area contributed by atoms with Crippen LogP contribution in [0.5, 0.6) is 0 Å². The van der Waals surface area contributed by atoms with E-state index in [0.717, 1.165) is 0 Å². The third-order valence-electron chi connectivity index (χ3n) is 1.61. The predicted molar refractivity (Wildman–Crippen MR) is 54.6 cm³/mol. The number of hydrogen-bond donors (Lipinski definition) is 1. The van der Waals surface area contributed by atoms with Gasteiger partial charge in [0.1, 0.15) is 5.82 Å². The summed E-state index contributed by atoms with van der Waals surface area (Å²) in [6.07, 6.45) is -4.62. The number of rotatable bonds is 4. The first kappa shape index (κ1) is 13.2. The molecular formula is C9H8BrF4NO. The lowest BCUT2D eigenvalue weighted by molar-refractivity contribution is -0.322. The second kappa shape index (κ2) is 5.49. The smallest absolute Gasteiger partial charge is 0.382 e. The molecule has 0 bridgehead atoms. The van der Waals surface area contributed by atoms with Crippen LogP contribution in [0.3, 0.4) is 0 Å². The van der Waals surface area contributed by atoms with Gasteiger partial charge in [0.2, 0.25) is 0 Å². The predicted octanol–water partition coefficient (Wildman–Crippen LogP) is 3.54. The summed E-state index contributed by atoms with van der Waals surface area (Å²) in [4.78, 5) is 0. The number of hydrogen-bond acceptors (Lipinski definition) is 2. The van der Waals surface area contributed by atoms with Crippen LogP contribution in [0.1, 0.15) is 0 Å². The molecule has 1 rings (SSSR count). The van der Waals surface area contributed by atoms with Crippen LogP contribution < -0.4 is 5.32 Å². The van der Waals surface area contributed by atoms with Gasteiger partial charge in [-0.3, -0.25) is 4.74 Å². The second-order valence-electron chi connectivity index (χ2n) is 2.85. The van der Waals surface area contributed by atoms with Gasteiger partial charge in [-0.25, -0.2) is 4.39 Å². The maximum Gasteiger partial charge on any atom is 0.522 e. The molecule has 0 saturated carbocycles. The van der Waals surface area contributed by atoms with E-state index in [1.54, 1.807) is 0 Å². The fourth-order valence-corrected chi connectivity index (χ4v) is 1.48. The fourth-order valence-electron chi connectivity index (χ4n) is 0.985. The summed E-state index contributed by atoms with van der Waals surface area (Å²) in [5.74, 6) is -0.427. The Morgan fingerprint density at radius 2 is 2.00 bits per heavy atom. The summed E-state index contributed by atoms with van der Waals surface area (Å²) in [5.41, 5.74) is 0.507. The van der Waals surface area contributed by atoms with Crippen LogP contribution in [0.15, 0.2) is 22.7 Å². The molecule has 90 valence electrons. The molecule has 0 aliphatic carbocycles. The van der Waals surface area contributed by atoms with Gasteiger partial charge in [-0.05, 0) is 34.1 Å². The molecule has 0 fully saturated rings. The average molecular weight is 302 g/mol. The van der Waals surface area contributed by atoms with Crippen molar-refractivity contribution in [2.75, 3.05) is 18.5 Å². The molecule has 0 aliphatic rings. The molecular weight excluding hydrogens is 294 g/mol. The summed E-state index contributed by atoms with van der Waals surface area (Å²) in [6.45, 7) is -0.531. The highest BCUT2D eigenvalue weighted by Crippen LogP contribution is 2.23. The van der Waals surface area contributed by atoms with Crippen LogP contribution in [0, 0.1) is 5.82 Å². The van der Waals surface area contributed by atoms with Crippen molar-refractivity contribution in [1.82, 2.24) is 0 Å². The monoisotopic (exact) mass is 301 g/mol. The molecule has 2 nitrogen and oxygen atoms in total. The van der Waals surface area contributed by atoms with E-state index in [0.29, 0.717) is 10.2 Å². The zero-order valence-electron chi connectivity index (χ0n) is 7.94. The molecule has 16 heavy (non-hydrogen) atoms. The molecule has 0 spiro atoms. The van der Waals surface area contributed by atoms with E-state index in [1.807, 2.05) is 0 Å². The Morgan fingerprint density at radius 1 is 1.31 bits per heavy atom. The van der Waals surface area contributed by atoms with Crippen LogP contribution in [0.4, 0.5) is 23.2 Å². The Balaban J connectivity index is 2.38.